The van der Waals surface area contributed by atoms with Crippen LogP contribution in [0.3, 0.4) is 0 Å². The molecule has 39 heavy (non-hydrogen) atoms. The van der Waals surface area contributed by atoms with E-state index in [1.807, 2.05) is 31.5 Å². The predicted octanol–water partition coefficient (Wildman–Crippen LogP) is 6.71. The van der Waals surface area contributed by atoms with Gasteiger partial charge in [0.15, 0.2) is 0 Å². The normalized spacial score (nSPS) is 11.3. The van der Waals surface area contributed by atoms with Crippen molar-refractivity contribution in [2.75, 3.05) is 12.4 Å². The van der Waals surface area contributed by atoms with Crippen molar-refractivity contribution < 1.29 is 18.3 Å². The second-order valence-corrected chi connectivity index (χ2v) is 9.64. The van der Waals surface area contributed by atoms with Crippen LogP contribution in [0.4, 0.5) is 20.3 Å². The lowest BCUT2D eigenvalue weighted by molar-refractivity contribution is 0.0958. The first-order chi connectivity index (χ1) is 18.6. The monoisotopic (exact) mass is 550 g/mol. The molecule has 200 valence electrons. The van der Waals surface area contributed by atoms with Crippen LogP contribution in [0.2, 0.25) is 5.02 Å². The first-order valence-corrected chi connectivity index (χ1v) is 12.5. The van der Waals surface area contributed by atoms with Crippen LogP contribution >= 0.6 is 11.6 Å². The van der Waals surface area contributed by atoms with Crippen LogP contribution in [0.15, 0.2) is 60.8 Å². The summed E-state index contributed by atoms with van der Waals surface area (Å²) in [6, 6.07) is 13.6. The van der Waals surface area contributed by atoms with E-state index in [1.165, 1.54) is 31.4 Å². The van der Waals surface area contributed by atoms with Crippen LogP contribution in [0, 0.1) is 11.6 Å². The number of nitrogens with one attached hydrogen (secondary N) is 2. The topological polar surface area (TPSA) is 86.0 Å². The number of rotatable bonds is 7. The molecule has 5 rings (SSSR count). The van der Waals surface area contributed by atoms with Crippen LogP contribution < -0.4 is 15.4 Å². The number of hydrogen-bond acceptors (Lipinski definition) is 5. The van der Waals surface area contributed by atoms with Gasteiger partial charge in [-0.1, -0.05) is 25.4 Å². The van der Waals surface area contributed by atoms with Gasteiger partial charge in [-0.25, -0.2) is 13.5 Å². The smallest absolute Gasteiger partial charge is 0.269 e. The van der Waals surface area contributed by atoms with Gasteiger partial charge in [0, 0.05) is 43.9 Å². The molecule has 0 saturated carbocycles. The molecule has 8 nitrogen and oxygen atoms in total. The minimum atomic E-state index is -0.682. The van der Waals surface area contributed by atoms with E-state index < -0.39 is 11.6 Å². The summed E-state index contributed by atoms with van der Waals surface area (Å²) in [5.74, 6) is 0.000740. The zero-order valence-corrected chi connectivity index (χ0v) is 22.3. The molecule has 3 heterocycles. The molecule has 0 atom stereocenters. The lowest BCUT2D eigenvalue weighted by Gasteiger charge is -2.13. The molecule has 0 spiro atoms. The molecule has 1 amide bonds. The number of pyridine rings is 1. The number of carbonyl (C=O) groups is 1. The highest BCUT2D eigenvalue weighted by molar-refractivity contribution is 6.33. The molecule has 3 aromatic heterocycles. The maximum absolute atomic E-state index is 14.0. The highest BCUT2D eigenvalue weighted by atomic mass is 35.5. The molecule has 0 radical (unpaired) electrons. The lowest BCUT2D eigenvalue weighted by atomic mass is 10.1. The van der Waals surface area contributed by atoms with Gasteiger partial charge < -0.3 is 19.9 Å². The fourth-order valence-corrected chi connectivity index (χ4v) is 4.51. The number of aromatic nitrogens is 4. The van der Waals surface area contributed by atoms with Crippen molar-refractivity contribution in [3.8, 4) is 17.2 Å². The molecule has 0 unspecified atom stereocenters. The van der Waals surface area contributed by atoms with Gasteiger partial charge in [-0.3, -0.25) is 9.78 Å². The Hall–Kier alpha value is -4.44. The van der Waals surface area contributed by atoms with Crippen molar-refractivity contribution in [1.82, 2.24) is 24.6 Å². The van der Waals surface area contributed by atoms with Crippen molar-refractivity contribution in [3.63, 3.8) is 0 Å². The first kappa shape index (κ1) is 26.2. The third kappa shape index (κ3) is 5.15. The van der Waals surface area contributed by atoms with Gasteiger partial charge in [-0.2, -0.15) is 5.10 Å². The van der Waals surface area contributed by atoms with E-state index in [4.69, 9.17) is 16.3 Å². The lowest BCUT2D eigenvalue weighted by Crippen LogP contribution is -2.18. The van der Waals surface area contributed by atoms with E-state index >= 15 is 0 Å². The van der Waals surface area contributed by atoms with E-state index in [-0.39, 0.29) is 23.2 Å². The second-order valence-electron chi connectivity index (χ2n) is 9.23. The summed E-state index contributed by atoms with van der Waals surface area (Å²) in [5.41, 5.74) is 2.60. The summed E-state index contributed by atoms with van der Waals surface area (Å²) < 4.78 is 37.3. The number of benzene rings is 2. The number of carbonyl (C=O) groups excluding carboxylic acids is 1. The average molecular weight is 551 g/mol. The van der Waals surface area contributed by atoms with Gasteiger partial charge in [0.1, 0.15) is 40.3 Å². The molecule has 0 aliphatic carbocycles. The molecular formula is C28H25ClF2N6O2. The van der Waals surface area contributed by atoms with Gasteiger partial charge in [-0.15, -0.1) is 0 Å². The number of hydrogen-bond donors (Lipinski definition) is 2. The largest absolute Gasteiger partial charge is 0.457 e. The highest BCUT2D eigenvalue weighted by Crippen LogP contribution is 2.36. The molecule has 0 aliphatic heterocycles. The fourth-order valence-electron chi connectivity index (χ4n) is 4.30. The molecule has 5 aromatic rings. The van der Waals surface area contributed by atoms with Gasteiger partial charge >= 0.3 is 0 Å². The van der Waals surface area contributed by atoms with Gasteiger partial charge in [-0.05, 0) is 42.3 Å². The number of amides is 1. The van der Waals surface area contributed by atoms with Crippen LogP contribution in [0.1, 0.15) is 35.9 Å². The summed E-state index contributed by atoms with van der Waals surface area (Å²) in [4.78, 5) is 15.9. The number of halogens is 3. The van der Waals surface area contributed by atoms with Crippen molar-refractivity contribution >= 4 is 40.0 Å². The number of ether oxygens (including phenoxy) is 1. The van der Waals surface area contributed by atoms with E-state index in [0.29, 0.717) is 33.7 Å². The highest BCUT2D eigenvalue weighted by Gasteiger charge is 2.21. The van der Waals surface area contributed by atoms with Gasteiger partial charge in [0.2, 0.25) is 0 Å². The third-order valence-electron chi connectivity index (χ3n) is 6.15. The van der Waals surface area contributed by atoms with Crippen molar-refractivity contribution in [2.24, 2.45) is 7.05 Å². The molecule has 0 fully saturated rings. The first-order valence-electron chi connectivity index (χ1n) is 12.1. The minimum Gasteiger partial charge on any atom is -0.457 e. The van der Waals surface area contributed by atoms with E-state index in [0.717, 1.165) is 17.1 Å². The van der Waals surface area contributed by atoms with Crippen LogP contribution in [0.25, 0.3) is 16.7 Å². The summed E-state index contributed by atoms with van der Waals surface area (Å²) in [7, 11) is 3.36. The van der Waals surface area contributed by atoms with Crippen LogP contribution in [0.5, 0.6) is 11.5 Å². The van der Waals surface area contributed by atoms with Crippen LogP contribution in [-0.2, 0) is 7.05 Å². The van der Waals surface area contributed by atoms with E-state index in [9.17, 15) is 13.6 Å². The summed E-state index contributed by atoms with van der Waals surface area (Å²) >= 11 is 6.59. The Morgan fingerprint density at radius 2 is 1.74 bits per heavy atom. The predicted molar refractivity (Wildman–Crippen MR) is 146 cm³/mol. The minimum absolute atomic E-state index is 0.0690. The molecule has 0 bridgehead atoms. The molecule has 0 saturated heterocycles. The summed E-state index contributed by atoms with van der Waals surface area (Å²) in [6.45, 7) is 4.02. The Balaban J connectivity index is 1.47. The van der Waals surface area contributed by atoms with E-state index in [1.54, 1.807) is 28.9 Å². The number of aryl methyl sites for hydroxylation is 1. The standard InChI is InChI=1S/C28H25ClF2N6O2/c1-15(2)26-21-14-25(36(4)28(21)37(35-26)18-10-16(30)9-17(31)11-18)34-23-6-5-19(12-22(23)29)39-20-7-8-33-24(13-20)27(38)32-3/h5-15,34H,1-4H3,(H,32,38). The Kier molecular flexibility index (Phi) is 6.96. The summed E-state index contributed by atoms with van der Waals surface area (Å²) in [5, 5.41) is 11.8. The van der Waals surface area contributed by atoms with Crippen molar-refractivity contribution in [1.29, 1.82) is 0 Å². The fraction of sp³-hybridized carbons (Fsp3) is 0.179. The Morgan fingerprint density at radius 3 is 2.41 bits per heavy atom. The average Bonchev–Trinajstić information content (AvgIpc) is 3.42. The Morgan fingerprint density at radius 1 is 1.03 bits per heavy atom. The van der Waals surface area contributed by atoms with Gasteiger partial charge in [0.25, 0.3) is 5.91 Å². The molecule has 11 heteroatoms. The maximum atomic E-state index is 14.0. The number of fused-ring (bicyclic) bond motifs is 1. The number of anilines is 2. The van der Waals surface area contributed by atoms with E-state index in [2.05, 4.69) is 20.7 Å². The molecule has 0 aliphatic rings. The Bertz CT molecular complexity index is 1690. The van der Waals surface area contributed by atoms with Crippen molar-refractivity contribution in [2.45, 2.75) is 19.8 Å². The zero-order valence-electron chi connectivity index (χ0n) is 21.6. The third-order valence-corrected chi connectivity index (χ3v) is 6.47. The molecule has 2 aromatic carbocycles. The maximum Gasteiger partial charge on any atom is 0.269 e. The quantitative estimate of drug-likeness (QED) is 0.235. The van der Waals surface area contributed by atoms with Crippen LogP contribution in [-0.4, -0.2) is 32.3 Å². The zero-order chi connectivity index (χ0) is 27.8. The Labute approximate surface area is 228 Å². The second kappa shape index (κ2) is 10.4. The van der Waals surface area contributed by atoms with Gasteiger partial charge in [0.05, 0.1) is 22.1 Å². The molecular weight excluding hydrogens is 526 g/mol. The number of nitrogens with zero attached hydrogens (tertiary/aromatic N) is 4. The summed E-state index contributed by atoms with van der Waals surface area (Å²) in [6.07, 6.45) is 1.49. The SMILES string of the molecule is CNC(=O)c1cc(Oc2ccc(Nc3cc4c(C(C)C)nn(-c5cc(F)cc(F)c5)c4n3C)c(Cl)c2)ccn1. The molecule has 2 N–H and O–H groups in total. The van der Waals surface area contributed by atoms with Crippen molar-refractivity contribution in [3.05, 3.63) is 88.8 Å².